The van der Waals surface area contributed by atoms with E-state index in [0.29, 0.717) is 5.92 Å². The Morgan fingerprint density at radius 3 is 2.42 bits per heavy atom. The summed E-state index contributed by atoms with van der Waals surface area (Å²) >= 11 is 0. The molecule has 2 unspecified atom stereocenters. The van der Waals surface area contributed by atoms with E-state index >= 15 is 0 Å². The van der Waals surface area contributed by atoms with Gasteiger partial charge in [-0.2, -0.15) is 0 Å². The van der Waals surface area contributed by atoms with Gasteiger partial charge in [-0.1, -0.05) is 26.7 Å². The second kappa shape index (κ2) is 3.75. The molecule has 72 valence electrons. The summed E-state index contributed by atoms with van der Waals surface area (Å²) in [5, 5.41) is 10.2. The zero-order valence-electron chi connectivity index (χ0n) is 8.21. The summed E-state index contributed by atoms with van der Waals surface area (Å²) in [7, 11) is 0. The van der Waals surface area contributed by atoms with E-state index in [1.807, 2.05) is 0 Å². The molecule has 0 aromatic carbocycles. The molecule has 0 heterocycles. The summed E-state index contributed by atoms with van der Waals surface area (Å²) in [5.74, 6) is 0.450. The van der Waals surface area contributed by atoms with Crippen LogP contribution in [0.3, 0.4) is 0 Å². The predicted octanol–water partition coefficient (Wildman–Crippen LogP) is 1.66. The first-order chi connectivity index (χ1) is 5.62. The van der Waals surface area contributed by atoms with Gasteiger partial charge < -0.3 is 10.8 Å². The van der Waals surface area contributed by atoms with Crippen LogP contribution in [0.2, 0.25) is 0 Å². The van der Waals surface area contributed by atoms with E-state index in [0.717, 1.165) is 32.1 Å². The van der Waals surface area contributed by atoms with E-state index < -0.39 is 5.60 Å². The van der Waals surface area contributed by atoms with Crippen molar-refractivity contribution in [3.8, 4) is 0 Å². The first-order valence-electron chi connectivity index (χ1n) is 5.10. The lowest BCUT2D eigenvalue weighted by Crippen LogP contribution is -2.36. The summed E-state index contributed by atoms with van der Waals surface area (Å²) < 4.78 is 0. The molecule has 0 spiro atoms. The van der Waals surface area contributed by atoms with Crippen LogP contribution in [0.15, 0.2) is 0 Å². The standard InChI is InChI=1S/C10H21NO/c1-3-8(4-2)10(12)6-5-9(11)7-10/h8-9,12H,3-7,11H2,1-2H3. The summed E-state index contributed by atoms with van der Waals surface area (Å²) in [6.45, 7) is 4.30. The fourth-order valence-corrected chi connectivity index (χ4v) is 2.51. The molecule has 2 nitrogen and oxygen atoms in total. The lowest BCUT2D eigenvalue weighted by Gasteiger charge is -2.31. The van der Waals surface area contributed by atoms with Gasteiger partial charge in [-0.05, 0) is 25.2 Å². The third kappa shape index (κ3) is 1.80. The van der Waals surface area contributed by atoms with Crippen molar-refractivity contribution in [3.05, 3.63) is 0 Å². The lowest BCUT2D eigenvalue weighted by atomic mass is 9.82. The highest BCUT2D eigenvalue weighted by molar-refractivity contribution is 4.95. The van der Waals surface area contributed by atoms with Crippen LogP contribution in [-0.2, 0) is 0 Å². The minimum absolute atomic E-state index is 0.232. The maximum absolute atomic E-state index is 10.2. The summed E-state index contributed by atoms with van der Waals surface area (Å²) in [5.41, 5.74) is 5.36. The Bertz CT molecular complexity index is 145. The van der Waals surface area contributed by atoms with Gasteiger partial charge in [0.1, 0.15) is 0 Å². The van der Waals surface area contributed by atoms with Gasteiger partial charge in [-0.3, -0.25) is 0 Å². The van der Waals surface area contributed by atoms with Gasteiger partial charge in [0.15, 0.2) is 0 Å². The molecule has 2 heteroatoms. The van der Waals surface area contributed by atoms with E-state index in [-0.39, 0.29) is 6.04 Å². The lowest BCUT2D eigenvalue weighted by molar-refractivity contribution is -0.0165. The monoisotopic (exact) mass is 171 g/mol. The molecular weight excluding hydrogens is 150 g/mol. The molecule has 0 amide bonds. The van der Waals surface area contributed by atoms with Crippen molar-refractivity contribution < 1.29 is 5.11 Å². The summed E-state index contributed by atoms with van der Waals surface area (Å²) in [4.78, 5) is 0. The van der Waals surface area contributed by atoms with Gasteiger partial charge in [-0.15, -0.1) is 0 Å². The molecule has 12 heavy (non-hydrogen) atoms. The number of nitrogens with two attached hydrogens (primary N) is 1. The van der Waals surface area contributed by atoms with Crippen LogP contribution in [0.1, 0.15) is 46.0 Å². The highest BCUT2D eigenvalue weighted by Gasteiger charge is 2.40. The molecule has 0 aromatic rings. The van der Waals surface area contributed by atoms with Gasteiger partial charge in [0.05, 0.1) is 5.60 Å². The molecule has 0 bridgehead atoms. The molecule has 0 radical (unpaired) electrons. The molecule has 0 aliphatic heterocycles. The van der Waals surface area contributed by atoms with E-state index in [1.54, 1.807) is 0 Å². The molecule has 0 aromatic heterocycles. The third-order valence-corrected chi connectivity index (χ3v) is 3.31. The number of hydrogen-bond donors (Lipinski definition) is 2. The maximum atomic E-state index is 10.2. The smallest absolute Gasteiger partial charge is 0.0690 e. The zero-order chi connectivity index (χ0) is 9.19. The van der Waals surface area contributed by atoms with Crippen molar-refractivity contribution in [2.24, 2.45) is 11.7 Å². The molecule has 3 N–H and O–H groups in total. The SMILES string of the molecule is CCC(CC)C1(O)CCC(N)C1. The van der Waals surface area contributed by atoms with Gasteiger partial charge >= 0.3 is 0 Å². The fraction of sp³-hybridized carbons (Fsp3) is 1.00. The van der Waals surface area contributed by atoms with Gasteiger partial charge in [0.25, 0.3) is 0 Å². The van der Waals surface area contributed by atoms with Crippen LogP contribution in [0.25, 0.3) is 0 Å². The first kappa shape index (κ1) is 10.0. The van der Waals surface area contributed by atoms with Gasteiger partial charge in [-0.25, -0.2) is 0 Å². The molecule has 1 rings (SSSR count). The Hall–Kier alpha value is -0.0800. The summed E-state index contributed by atoms with van der Waals surface area (Å²) in [6.07, 6.45) is 4.84. The van der Waals surface area contributed by atoms with Crippen molar-refractivity contribution in [3.63, 3.8) is 0 Å². The highest BCUT2D eigenvalue weighted by Crippen LogP contribution is 2.38. The highest BCUT2D eigenvalue weighted by atomic mass is 16.3. The number of hydrogen-bond acceptors (Lipinski definition) is 2. The predicted molar refractivity (Wildman–Crippen MR) is 50.8 cm³/mol. The number of rotatable bonds is 3. The second-order valence-electron chi connectivity index (χ2n) is 4.12. The van der Waals surface area contributed by atoms with Crippen molar-refractivity contribution in [2.75, 3.05) is 0 Å². The Morgan fingerprint density at radius 1 is 1.50 bits per heavy atom. The van der Waals surface area contributed by atoms with Crippen LogP contribution in [0.5, 0.6) is 0 Å². The molecule has 1 fully saturated rings. The molecule has 1 aliphatic rings. The Morgan fingerprint density at radius 2 is 2.08 bits per heavy atom. The fourth-order valence-electron chi connectivity index (χ4n) is 2.51. The molecular formula is C10H21NO. The van der Waals surface area contributed by atoms with Crippen molar-refractivity contribution >= 4 is 0 Å². The maximum Gasteiger partial charge on any atom is 0.0690 e. The molecule has 1 saturated carbocycles. The number of aliphatic hydroxyl groups is 1. The van der Waals surface area contributed by atoms with E-state index in [1.165, 1.54) is 0 Å². The van der Waals surface area contributed by atoms with E-state index in [2.05, 4.69) is 13.8 Å². The topological polar surface area (TPSA) is 46.2 Å². The molecule has 2 atom stereocenters. The van der Waals surface area contributed by atoms with Gasteiger partial charge in [0, 0.05) is 6.04 Å². The van der Waals surface area contributed by atoms with Crippen LogP contribution in [-0.4, -0.2) is 16.7 Å². The minimum atomic E-state index is -0.442. The van der Waals surface area contributed by atoms with Crippen LogP contribution in [0.4, 0.5) is 0 Å². The quantitative estimate of drug-likeness (QED) is 0.678. The van der Waals surface area contributed by atoms with Crippen molar-refractivity contribution in [2.45, 2.75) is 57.6 Å². The largest absolute Gasteiger partial charge is 0.390 e. The van der Waals surface area contributed by atoms with Crippen molar-refractivity contribution in [1.29, 1.82) is 0 Å². The van der Waals surface area contributed by atoms with E-state index in [4.69, 9.17) is 5.73 Å². The first-order valence-corrected chi connectivity index (χ1v) is 5.10. The third-order valence-electron chi connectivity index (χ3n) is 3.31. The average molecular weight is 171 g/mol. The van der Waals surface area contributed by atoms with Crippen LogP contribution in [0, 0.1) is 5.92 Å². The van der Waals surface area contributed by atoms with Crippen LogP contribution < -0.4 is 5.73 Å². The normalized spacial score (nSPS) is 36.2. The second-order valence-corrected chi connectivity index (χ2v) is 4.12. The Labute approximate surface area is 75.2 Å². The Kier molecular flexibility index (Phi) is 3.13. The van der Waals surface area contributed by atoms with Gasteiger partial charge in [0.2, 0.25) is 0 Å². The van der Waals surface area contributed by atoms with Crippen molar-refractivity contribution in [1.82, 2.24) is 0 Å². The average Bonchev–Trinajstić information content (AvgIpc) is 2.34. The zero-order valence-corrected chi connectivity index (χ0v) is 8.21. The minimum Gasteiger partial charge on any atom is -0.390 e. The van der Waals surface area contributed by atoms with E-state index in [9.17, 15) is 5.11 Å². The Balaban J connectivity index is 2.58. The summed E-state index contributed by atoms with van der Waals surface area (Å²) in [6, 6.07) is 0.232. The molecule has 0 saturated heterocycles. The molecule has 1 aliphatic carbocycles. The van der Waals surface area contributed by atoms with Crippen LogP contribution >= 0.6 is 0 Å².